The van der Waals surface area contributed by atoms with Crippen LogP contribution in [-0.2, 0) is 16.0 Å². The molecule has 0 radical (unpaired) electrons. The van der Waals surface area contributed by atoms with Gasteiger partial charge in [-0.25, -0.2) is 4.98 Å². The minimum atomic E-state index is -0.344. The highest BCUT2D eigenvalue weighted by Crippen LogP contribution is 2.30. The lowest BCUT2D eigenvalue weighted by molar-refractivity contribution is -0.122. The Morgan fingerprint density at radius 2 is 2.00 bits per heavy atom. The summed E-state index contributed by atoms with van der Waals surface area (Å²) in [7, 11) is 1.50. The van der Waals surface area contributed by atoms with E-state index in [4.69, 9.17) is 4.74 Å². The number of aryl methyl sites for hydroxylation is 1. The predicted octanol–water partition coefficient (Wildman–Crippen LogP) is 2.81. The number of para-hydroxylation sites is 2. The minimum absolute atomic E-state index is 0.0305. The molecule has 0 saturated heterocycles. The van der Waals surface area contributed by atoms with E-state index < -0.39 is 0 Å². The smallest absolute Gasteiger partial charge is 0.275 e. The number of ether oxygens (including phenoxy) is 1. The Morgan fingerprint density at radius 1 is 1.18 bits per heavy atom. The molecule has 1 N–H and O–H groups in total. The van der Waals surface area contributed by atoms with Gasteiger partial charge in [-0.05, 0) is 42.7 Å². The number of hydrogen-bond acceptors (Lipinski definition) is 5. The number of amides is 2. The van der Waals surface area contributed by atoms with Gasteiger partial charge < -0.3 is 15.0 Å². The summed E-state index contributed by atoms with van der Waals surface area (Å²) >= 11 is 0. The molecular formula is C21H20N4O3. The lowest BCUT2D eigenvalue weighted by atomic mass is 10.0. The fourth-order valence-corrected chi connectivity index (χ4v) is 3.37. The first-order chi connectivity index (χ1) is 13.7. The van der Waals surface area contributed by atoms with Gasteiger partial charge in [-0.2, -0.15) is 0 Å². The molecule has 1 aliphatic heterocycles. The second-order valence-corrected chi connectivity index (χ2v) is 6.62. The number of fused-ring (bicyclic) bond motifs is 2. The van der Waals surface area contributed by atoms with Crippen LogP contribution in [0.4, 0.5) is 11.4 Å². The molecule has 0 fully saturated rings. The Morgan fingerprint density at radius 3 is 2.82 bits per heavy atom. The summed E-state index contributed by atoms with van der Waals surface area (Å²) in [5.74, 6) is -0.434. The Kier molecular flexibility index (Phi) is 4.99. The number of methoxy groups -OCH3 is 1. The number of nitrogens with zero attached hydrogens (tertiary/aromatic N) is 3. The first-order valence-corrected chi connectivity index (χ1v) is 9.11. The Bertz CT molecular complexity index is 1050. The Balaban J connectivity index is 1.58. The largest absolute Gasteiger partial charge is 0.375 e. The van der Waals surface area contributed by atoms with Gasteiger partial charge in [0.05, 0.1) is 17.2 Å². The molecule has 0 saturated carbocycles. The summed E-state index contributed by atoms with van der Waals surface area (Å²) in [6.45, 7) is 0.672. The van der Waals surface area contributed by atoms with E-state index in [1.807, 2.05) is 42.5 Å². The molecule has 0 spiro atoms. The third-order valence-electron chi connectivity index (χ3n) is 4.71. The fourth-order valence-electron chi connectivity index (χ4n) is 3.37. The molecule has 7 heteroatoms. The zero-order valence-electron chi connectivity index (χ0n) is 15.5. The average molecular weight is 376 g/mol. The molecule has 7 nitrogen and oxygen atoms in total. The Labute approximate surface area is 162 Å². The van der Waals surface area contributed by atoms with Crippen LogP contribution in [0.1, 0.15) is 22.5 Å². The van der Waals surface area contributed by atoms with Crippen LogP contribution in [0.3, 0.4) is 0 Å². The van der Waals surface area contributed by atoms with Gasteiger partial charge in [0.25, 0.3) is 11.8 Å². The van der Waals surface area contributed by atoms with Crippen LogP contribution in [0.5, 0.6) is 0 Å². The third kappa shape index (κ3) is 3.57. The topological polar surface area (TPSA) is 84.4 Å². The van der Waals surface area contributed by atoms with E-state index in [0.717, 1.165) is 29.6 Å². The molecule has 4 rings (SSSR count). The molecule has 0 aliphatic carbocycles. The van der Waals surface area contributed by atoms with E-state index >= 15 is 0 Å². The molecule has 1 aliphatic rings. The van der Waals surface area contributed by atoms with Gasteiger partial charge in [0.2, 0.25) is 0 Å². The Hall–Kier alpha value is -3.32. The van der Waals surface area contributed by atoms with Crippen LogP contribution < -0.4 is 10.2 Å². The SMILES string of the molecule is COCC(=O)N1CCCc2ccc(NC(=O)c3cnc4ccccc4n3)cc21. The van der Waals surface area contributed by atoms with Gasteiger partial charge >= 0.3 is 0 Å². The van der Waals surface area contributed by atoms with Crippen molar-refractivity contribution in [2.45, 2.75) is 12.8 Å². The number of rotatable bonds is 4. The van der Waals surface area contributed by atoms with E-state index in [9.17, 15) is 9.59 Å². The fraction of sp³-hybridized carbons (Fsp3) is 0.238. The van der Waals surface area contributed by atoms with Crippen LogP contribution in [0.2, 0.25) is 0 Å². The van der Waals surface area contributed by atoms with Crippen molar-refractivity contribution in [3.63, 3.8) is 0 Å². The summed E-state index contributed by atoms with van der Waals surface area (Å²) in [4.78, 5) is 35.3. The van der Waals surface area contributed by atoms with E-state index in [0.29, 0.717) is 17.7 Å². The highest BCUT2D eigenvalue weighted by Gasteiger charge is 2.23. The number of hydrogen-bond donors (Lipinski definition) is 1. The maximum atomic E-state index is 12.6. The van der Waals surface area contributed by atoms with Gasteiger partial charge in [0.15, 0.2) is 0 Å². The lowest BCUT2D eigenvalue weighted by Crippen LogP contribution is -2.37. The zero-order valence-corrected chi connectivity index (χ0v) is 15.5. The normalized spacial score (nSPS) is 13.2. The van der Waals surface area contributed by atoms with Crippen molar-refractivity contribution in [1.29, 1.82) is 0 Å². The highest BCUT2D eigenvalue weighted by atomic mass is 16.5. The molecule has 2 amide bonds. The molecule has 0 bridgehead atoms. The van der Waals surface area contributed by atoms with Crippen LogP contribution in [0, 0.1) is 0 Å². The molecular weight excluding hydrogens is 356 g/mol. The van der Waals surface area contributed by atoms with Crippen molar-refractivity contribution in [3.05, 3.63) is 59.9 Å². The van der Waals surface area contributed by atoms with Crippen LogP contribution in [-0.4, -0.2) is 42.0 Å². The average Bonchev–Trinajstić information content (AvgIpc) is 2.73. The van der Waals surface area contributed by atoms with Gasteiger partial charge in [-0.15, -0.1) is 0 Å². The van der Waals surface area contributed by atoms with Crippen molar-refractivity contribution in [2.24, 2.45) is 0 Å². The first kappa shape index (κ1) is 18.1. The third-order valence-corrected chi connectivity index (χ3v) is 4.71. The van der Waals surface area contributed by atoms with Crippen molar-refractivity contribution in [1.82, 2.24) is 9.97 Å². The van der Waals surface area contributed by atoms with E-state index in [1.165, 1.54) is 13.3 Å². The van der Waals surface area contributed by atoms with Crippen molar-refractivity contribution < 1.29 is 14.3 Å². The summed E-state index contributed by atoms with van der Waals surface area (Å²) < 4.78 is 4.98. The van der Waals surface area contributed by atoms with Gasteiger partial charge in [-0.1, -0.05) is 18.2 Å². The molecule has 1 aromatic heterocycles. The van der Waals surface area contributed by atoms with Gasteiger partial charge in [-0.3, -0.25) is 14.6 Å². The number of carbonyl (C=O) groups excluding carboxylic acids is 2. The lowest BCUT2D eigenvalue weighted by Gasteiger charge is -2.29. The maximum Gasteiger partial charge on any atom is 0.275 e. The van der Waals surface area contributed by atoms with Gasteiger partial charge in [0, 0.05) is 25.0 Å². The molecule has 2 heterocycles. The monoisotopic (exact) mass is 376 g/mol. The molecule has 2 aromatic carbocycles. The summed E-state index contributed by atoms with van der Waals surface area (Å²) in [5.41, 5.74) is 4.14. The number of anilines is 2. The summed E-state index contributed by atoms with van der Waals surface area (Å²) in [6, 6.07) is 13.0. The van der Waals surface area contributed by atoms with Crippen molar-refractivity contribution in [3.8, 4) is 0 Å². The summed E-state index contributed by atoms with van der Waals surface area (Å²) in [6.07, 6.45) is 3.27. The number of benzene rings is 2. The summed E-state index contributed by atoms with van der Waals surface area (Å²) in [5, 5.41) is 2.85. The van der Waals surface area contributed by atoms with E-state index in [-0.39, 0.29) is 24.1 Å². The van der Waals surface area contributed by atoms with Gasteiger partial charge in [0.1, 0.15) is 12.3 Å². The highest BCUT2D eigenvalue weighted by molar-refractivity contribution is 6.04. The zero-order chi connectivity index (χ0) is 19.5. The molecule has 3 aromatic rings. The van der Waals surface area contributed by atoms with Crippen LogP contribution in [0.15, 0.2) is 48.7 Å². The molecule has 0 unspecified atom stereocenters. The predicted molar refractivity (Wildman–Crippen MR) is 106 cm³/mol. The molecule has 28 heavy (non-hydrogen) atoms. The van der Waals surface area contributed by atoms with E-state index in [1.54, 1.807) is 4.90 Å². The first-order valence-electron chi connectivity index (χ1n) is 9.11. The molecule has 0 atom stereocenters. The second-order valence-electron chi connectivity index (χ2n) is 6.62. The van der Waals surface area contributed by atoms with Crippen molar-refractivity contribution in [2.75, 3.05) is 30.5 Å². The number of nitrogens with one attached hydrogen (secondary N) is 1. The second kappa shape index (κ2) is 7.74. The van der Waals surface area contributed by atoms with Crippen LogP contribution >= 0.6 is 0 Å². The molecule has 142 valence electrons. The van der Waals surface area contributed by atoms with E-state index in [2.05, 4.69) is 15.3 Å². The number of carbonyl (C=O) groups is 2. The van der Waals surface area contributed by atoms with Crippen molar-refractivity contribution >= 4 is 34.2 Å². The number of aromatic nitrogens is 2. The van der Waals surface area contributed by atoms with Crippen LogP contribution in [0.25, 0.3) is 11.0 Å². The minimum Gasteiger partial charge on any atom is -0.375 e. The quantitative estimate of drug-likeness (QED) is 0.757. The standard InChI is InChI=1S/C21H20N4O3/c1-28-13-20(26)25-10-4-5-14-8-9-15(11-19(14)25)23-21(27)18-12-22-16-6-2-3-7-17(16)24-18/h2-3,6-9,11-12H,4-5,10,13H2,1H3,(H,23,27). The maximum absolute atomic E-state index is 12.6.